The third-order valence-corrected chi connectivity index (χ3v) is 3.52. The van der Waals surface area contributed by atoms with Crippen molar-refractivity contribution in [2.45, 2.75) is 39.2 Å². The van der Waals surface area contributed by atoms with Gasteiger partial charge in [-0.15, -0.1) is 0 Å². The highest BCUT2D eigenvalue weighted by atomic mass is 32.2. The number of rotatable bonds is 5. The quantitative estimate of drug-likeness (QED) is 0.787. The Kier molecular flexibility index (Phi) is 4.94. The molecule has 1 amide bonds. The van der Waals surface area contributed by atoms with Crippen molar-refractivity contribution in [3.05, 3.63) is 0 Å². The van der Waals surface area contributed by atoms with Crippen molar-refractivity contribution in [3.8, 4) is 0 Å². The van der Waals surface area contributed by atoms with Crippen molar-refractivity contribution < 1.29 is 13.2 Å². The van der Waals surface area contributed by atoms with Gasteiger partial charge in [0.2, 0.25) is 10.0 Å². The molecule has 0 unspecified atom stereocenters. The molecule has 1 fully saturated rings. The van der Waals surface area contributed by atoms with E-state index >= 15 is 0 Å². The maximum atomic E-state index is 11.8. The molecule has 1 rings (SSSR count). The fourth-order valence-corrected chi connectivity index (χ4v) is 2.57. The predicted octanol–water partition coefficient (Wildman–Crippen LogP) is 0.573. The minimum absolute atomic E-state index is 0.275. The van der Waals surface area contributed by atoms with Crippen LogP contribution >= 0.6 is 0 Å². The lowest BCUT2D eigenvalue weighted by molar-refractivity contribution is -0.123. The van der Waals surface area contributed by atoms with E-state index in [9.17, 15) is 13.2 Å². The van der Waals surface area contributed by atoms with Gasteiger partial charge in [-0.05, 0) is 38.3 Å². The molecular weight excluding hydrogens is 240 g/mol. The maximum absolute atomic E-state index is 11.8. The summed E-state index contributed by atoms with van der Waals surface area (Å²) < 4.78 is 24.1. The standard InChI is InChI=1S/C11H22N2O3S/c1-9(2)6-8-13-7-4-5-10(13)11(14)12-17(3,15)16/h9-10H,4-8H2,1-3H3,(H,12,14)/t10-/m1/s1. The second-order valence-corrected chi connectivity index (χ2v) is 6.86. The summed E-state index contributed by atoms with van der Waals surface area (Å²) >= 11 is 0. The van der Waals surface area contributed by atoms with Crippen molar-refractivity contribution in [2.24, 2.45) is 5.92 Å². The largest absolute Gasteiger partial charge is 0.292 e. The maximum Gasteiger partial charge on any atom is 0.250 e. The number of hydrogen-bond donors (Lipinski definition) is 1. The third-order valence-electron chi connectivity index (χ3n) is 2.95. The van der Waals surface area contributed by atoms with Crippen LogP contribution < -0.4 is 4.72 Å². The number of likely N-dealkylation sites (tertiary alicyclic amines) is 1. The minimum Gasteiger partial charge on any atom is -0.292 e. The Balaban J connectivity index is 2.54. The molecule has 1 heterocycles. The highest BCUT2D eigenvalue weighted by molar-refractivity contribution is 7.89. The van der Waals surface area contributed by atoms with E-state index in [1.54, 1.807) is 0 Å². The molecule has 0 bridgehead atoms. The van der Waals surface area contributed by atoms with Crippen LogP contribution in [-0.4, -0.2) is 44.6 Å². The van der Waals surface area contributed by atoms with Gasteiger partial charge in [0, 0.05) is 0 Å². The first-order valence-electron chi connectivity index (χ1n) is 6.05. The van der Waals surface area contributed by atoms with Crippen LogP contribution in [0.4, 0.5) is 0 Å². The molecule has 0 saturated carbocycles. The average Bonchev–Trinajstić information content (AvgIpc) is 2.59. The van der Waals surface area contributed by atoms with Gasteiger partial charge in [-0.25, -0.2) is 8.42 Å². The number of hydrogen-bond acceptors (Lipinski definition) is 4. The summed E-state index contributed by atoms with van der Waals surface area (Å²) in [5, 5.41) is 0. The molecule has 17 heavy (non-hydrogen) atoms. The van der Waals surface area contributed by atoms with Gasteiger partial charge in [-0.1, -0.05) is 13.8 Å². The molecule has 0 aromatic carbocycles. The van der Waals surface area contributed by atoms with E-state index in [0.29, 0.717) is 5.92 Å². The molecule has 1 aliphatic heterocycles. The lowest BCUT2D eigenvalue weighted by Gasteiger charge is -2.23. The first-order valence-corrected chi connectivity index (χ1v) is 7.94. The molecule has 6 heteroatoms. The Bertz CT molecular complexity index is 365. The van der Waals surface area contributed by atoms with Crippen LogP contribution in [0.1, 0.15) is 33.1 Å². The van der Waals surface area contributed by atoms with E-state index in [4.69, 9.17) is 0 Å². The van der Waals surface area contributed by atoms with Gasteiger partial charge in [0.1, 0.15) is 0 Å². The Labute approximate surface area is 104 Å². The Morgan fingerprint density at radius 1 is 1.47 bits per heavy atom. The lowest BCUT2D eigenvalue weighted by atomic mass is 10.1. The first-order chi connectivity index (χ1) is 7.79. The molecule has 1 aliphatic rings. The normalized spacial score (nSPS) is 22.0. The summed E-state index contributed by atoms with van der Waals surface area (Å²) in [6, 6.07) is -0.275. The number of nitrogens with zero attached hydrogens (tertiary/aromatic N) is 1. The van der Waals surface area contributed by atoms with E-state index in [2.05, 4.69) is 23.5 Å². The molecule has 5 nitrogen and oxygen atoms in total. The van der Waals surface area contributed by atoms with Gasteiger partial charge in [-0.3, -0.25) is 14.4 Å². The van der Waals surface area contributed by atoms with Crippen LogP contribution in [0.3, 0.4) is 0 Å². The number of carbonyl (C=O) groups excluding carboxylic acids is 1. The number of sulfonamides is 1. The summed E-state index contributed by atoms with van der Waals surface area (Å²) in [5.74, 6) is 0.211. The fourth-order valence-electron chi connectivity index (χ4n) is 2.07. The molecule has 100 valence electrons. The smallest absolute Gasteiger partial charge is 0.250 e. The highest BCUT2D eigenvalue weighted by Gasteiger charge is 2.31. The van der Waals surface area contributed by atoms with Crippen molar-refractivity contribution in [3.63, 3.8) is 0 Å². The lowest BCUT2D eigenvalue weighted by Crippen LogP contribution is -2.45. The van der Waals surface area contributed by atoms with Gasteiger partial charge in [0.15, 0.2) is 0 Å². The topological polar surface area (TPSA) is 66.5 Å². The van der Waals surface area contributed by atoms with Crippen molar-refractivity contribution in [1.29, 1.82) is 0 Å². The third kappa shape index (κ3) is 5.04. The molecule has 0 aromatic rings. The summed E-state index contributed by atoms with van der Waals surface area (Å²) in [6.07, 6.45) is 3.75. The summed E-state index contributed by atoms with van der Waals surface area (Å²) in [7, 11) is -3.44. The number of nitrogens with one attached hydrogen (secondary N) is 1. The van der Waals surface area contributed by atoms with E-state index < -0.39 is 10.0 Å². The molecule has 0 spiro atoms. The molecule has 1 atom stereocenters. The molecule has 0 aliphatic carbocycles. The highest BCUT2D eigenvalue weighted by Crippen LogP contribution is 2.18. The predicted molar refractivity (Wildman–Crippen MR) is 67.0 cm³/mol. The van der Waals surface area contributed by atoms with Crippen LogP contribution in [0.25, 0.3) is 0 Å². The van der Waals surface area contributed by atoms with Crippen LogP contribution in [0.15, 0.2) is 0 Å². The second kappa shape index (κ2) is 5.82. The zero-order chi connectivity index (χ0) is 13.1. The first kappa shape index (κ1) is 14.4. The van der Waals surface area contributed by atoms with Crippen molar-refractivity contribution in [2.75, 3.05) is 19.3 Å². The molecular formula is C11H22N2O3S. The van der Waals surface area contributed by atoms with Crippen molar-refractivity contribution >= 4 is 15.9 Å². The Hall–Kier alpha value is -0.620. The zero-order valence-corrected chi connectivity index (χ0v) is 11.6. The monoisotopic (exact) mass is 262 g/mol. The summed E-state index contributed by atoms with van der Waals surface area (Å²) in [6.45, 7) is 6.03. The van der Waals surface area contributed by atoms with Crippen molar-refractivity contribution in [1.82, 2.24) is 9.62 Å². The van der Waals surface area contributed by atoms with E-state index in [1.165, 1.54) is 0 Å². The minimum atomic E-state index is -3.44. The van der Waals surface area contributed by atoms with E-state index in [-0.39, 0.29) is 11.9 Å². The van der Waals surface area contributed by atoms with Crippen LogP contribution in [0.5, 0.6) is 0 Å². The Morgan fingerprint density at radius 2 is 2.12 bits per heavy atom. The molecule has 1 N–H and O–H groups in total. The van der Waals surface area contributed by atoms with Gasteiger partial charge < -0.3 is 0 Å². The Morgan fingerprint density at radius 3 is 2.65 bits per heavy atom. The van der Waals surface area contributed by atoms with Crippen LogP contribution in [0.2, 0.25) is 0 Å². The molecule has 0 aromatic heterocycles. The summed E-state index contributed by atoms with van der Waals surface area (Å²) in [4.78, 5) is 13.9. The van der Waals surface area contributed by atoms with Gasteiger partial charge in [0.25, 0.3) is 5.91 Å². The SMILES string of the molecule is CC(C)CCN1CCC[C@@H]1C(=O)NS(C)(=O)=O. The second-order valence-electron chi connectivity index (χ2n) is 5.11. The van der Waals surface area contributed by atoms with Gasteiger partial charge >= 0.3 is 0 Å². The van der Waals surface area contributed by atoms with E-state index in [0.717, 1.165) is 38.6 Å². The average molecular weight is 262 g/mol. The van der Waals surface area contributed by atoms with Gasteiger partial charge in [0.05, 0.1) is 12.3 Å². The number of carbonyl (C=O) groups is 1. The number of amides is 1. The molecule has 0 radical (unpaired) electrons. The van der Waals surface area contributed by atoms with Gasteiger partial charge in [-0.2, -0.15) is 0 Å². The molecule has 1 saturated heterocycles. The zero-order valence-electron chi connectivity index (χ0n) is 10.8. The fraction of sp³-hybridized carbons (Fsp3) is 0.909. The summed E-state index contributed by atoms with van der Waals surface area (Å²) in [5.41, 5.74) is 0. The van der Waals surface area contributed by atoms with Crippen LogP contribution in [-0.2, 0) is 14.8 Å². The van der Waals surface area contributed by atoms with E-state index in [1.807, 2.05) is 0 Å². The van der Waals surface area contributed by atoms with Crippen LogP contribution in [0, 0.1) is 5.92 Å².